The predicted molar refractivity (Wildman–Crippen MR) is 74.9 cm³/mol. The lowest BCUT2D eigenvalue weighted by Gasteiger charge is -2.38. The number of carbonyl (C=O) groups excluding carboxylic acids is 1. The van der Waals surface area contributed by atoms with Crippen molar-refractivity contribution in [2.45, 2.75) is 0 Å². The molecule has 0 bridgehead atoms. The number of rotatable bonds is 3. The molecule has 4 heteroatoms. The third-order valence-corrected chi connectivity index (χ3v) is 3.64. The fourth-order valence-electron chi connectivity index (χ4n) is 2.22. The van der Waals surface area contributed by atoms with Crippen LogP contribution in [0.3, 0.4) is 0 Å². The zero-order chi connectivity index (χ0) is 13.3. The number of carbonyl (C=O) groups is 1. The van der Waals surface area contributed by atoms with Crippen LogP contribution in [0.1, 0.15) is 0 Å². The molecular formula is C15H16N2O2. The summed E-state index contributed by atoms with van der Waals surface area (Å²) < 4.78 is 5.12. The first-order valence-corrected chi connectivity index (χ1v) is 6.32. The monoisotopic (exact) mass is 256 g/mol. The van der Waals surface area contributed by atoms with Crippen LogP contribution in [0, 0.1) is 5.41 Å². The molecule has 1 amide bonds. The van der Waals surface area contributed by atoms with Crippen molar-refractivity contribution < 1.29 is 9.53 Å². The molecule has 0 aliphatic carbocycles. The summed E-state index contributed by atoms with van der Waals surface area (Å²) in [4.78, 5) is 12.2. The molecule has 4 nitrogen and oxygen atoms in total. The van der Waals surface area contributed by atoms with Gasteiger partial charge < -0.3 is 15.8 Å². The van der Waals surface area contributed by atoms with Gasteiger partial charge in [-0.15, -0.1) is 0 Å². The van der Waals surface area contributed by atoms with E-state index in [1.807, 2.05) is 42.5 Å². The maximum Gasteiger partial charge on any atom is 0.236 e. The second-order valence-electron chi connectivity index (χ2n) is 4.99. The third kappa shape index (κ3) is 2.09. The number of fused-ring (bicyclic) bond motifs is 1. The van der Waals surface area contributed by atoms with Gasteiger partial charge in [0.1, 0.15) is 5.41 Å². The molecule has 3 rings (SSSR count). The predicted octanol–water partition coefficient (Wildman–Crippen LogP) is 1.75. The highest BCUT2D eigenvalue weighted by atomic mass is 16.5. The first-order valence-electron chi connectivity index (χ1n) is 6.32. The molecule has 2 aromatic rings. The Balaban J connectivity index is 1.83. The van der Waals surface area contributed by atoms with Crippen molar-refractivity contribution in [2.24, 2.45) is 11.1 Å². The van der Waals surface area contributed by atoms with E-state index < -0.39 is 5.41 Å². The van der Waals surface area contributed by atoms with E-state index in [4.69, 9.17) is 10.5 Å². The minimum Gasteiger partial charge on any atom is -0.379 e. The minimum atomic E-state index is -0.550. The van der Waals surface area contributed by atoms with Crippen LogP contribution in [-0.2, 0) is 9.53 Å². The Morgan fingerprint density at radius 1 is 1.21 bits per heavy atom. The van der Waals surface area contributed by atoms with Gasteiger partial charge in [-0.3, -0.25) is 4.79 Å². The Hall–Kier alpha value is -1.91. The third-order valence-electron chi connectivity index (χ3n) is 3.64. The van der Waals surface area contributed by atoms with Gasteiger partial charge in [-0.05, 0) is 22.9 Å². The summed E-state index contributed by atoms with van der Waals surface area (Å²) in [5, 5.41) is 5.19. The number of hydrogen-bond acceptors (Lipinski definition) is 3. The highest BCUT2D eigenvalue weighted by molar-refractivity contribution is 5.98. The highest BCUT2D eigenvalue weighted by Gasteiger charge is 2.44. The van der Waals surface area contributed by atoms with E-state index in [0.717, 1.165) is 16.5 Å². The van der Waals surface area contributed by atoms with Gasteiger partial charge in [0.25, 0.3) is 0 Å². The number of nitrogens with one attached hydrogen (secondary N) is 1. The molecule has 1 fully saturated rings. The Kier molecular flexibility index (Phi) is 2.97. The van der Waals surface area contributed by atoms with Crippen LogP contribution in [0.15, 0.2) is 42.5 Å². The van der Waals surface area contributed by atoms with Crippen LogP contribution < -0.4 is 11.1 Å². The summed E-state index contributed by atoms with van der Waals surface area (Å²) in [6.07, 6.45) is 0. The van der Waals surface area contributed by atoms with Gasteiger partial charge in [0, 0.05) is 12.2 Å². The molecule has 2 aromatic carbocycles. The SMILES string of the molecule is NCC1(C(=O)Nc2ccc3ccccc3c2)COC1. The molecule has 1 aliphatic heterocycles. The zero-order valence-electron chi connectivity index (χ0n) is 10.6. The summed E-state index contributed by atoms with van der Waals surface area (Å²) in [6.45, 7) is 1.12. The van der Waals surface area contributed by atoms with Crippen molar-refractivity contribution in [3.8, 4) is 0 Å². The molecule has 98 valence electrons. The highest BCUT2D eigenvalue weighted by Crippen LogP contribution is 2.28. The van der Waals surface area contributed by atoms with E-state index in [-0.39, 0.29) is 5.91 Å². The van der Waals surface area contributed by atoms with E-state index in [0.29, 0.717) is 19.8 Å². The van der Waals surface area contributed by atoms with Crippen molar-refractivity contribution in [2.75, 3.05) is 25.1 Å². The smallest absolute Gasteiger partial charge is 0.236 e. The van der Waals surface area contributed by atoms with Gasteiger partial charge in [0.05, 0.1) is 13.2 Å². The maximum absolute atomic E-state index is 12.2. The second kappa shape index (κ2) is 4.64. The van der Waals surface area contributed by atoms with Gasteiger partial charge in [-0.2, -0.15) is 0 Å². The topological polar surface area (TPSA) is 64.4 Å². The lowest BCUT2D eigenvalue weighted by molar-refractivity contribution is -0.153. The summed E-state index contributed by atoms with van der Waals surface area (Å²) in [6, 6.07) is 13.9. The van der Waals surface area contributed by atoms with Crippen LogP contribution in [0.4, 0.5) is 5.69 Å². The quantitative estimate of drug-likeness (QED) is 0.879. The van der Waals surface area contributed by atoms with Crippen molar-refractivity contribution in [1.29, 1.82) is 0 Å². The van der Waals surface area contributed by atoms with Crippen molar-refractivity contribution in [3.05, 3.63) is 42.5 Å². The summed E-state index contributed by atoms with van der Waals surface area (Å²) in [7, 11) is 0. The summed E-state index contributed by atoms with van der Waals surface area (Å²) in [5.74, 6) is -0.0588. The first-order chi connectivity index (χ1) is 9.23. The summed E-state index contributed by atoms with van der Waals surface area (Å²) >= 11 is 0. The lowest BCUT2D eigenvalue weighted by Crippen LogP contribution is -2.56. The number of benzene rings is 2. The van der Waals surface area contributed by atoms with E-state index in [2.05, 4.69) is 5.32 Å². The van der Waals surface area contributed by atoms with Gasteiger partial charge in [-0.1, -0.05) is 30.3 Å². The molecular weight excluding hydrogens is 240 g/mol. The molecule has 0 aromatic heterocycles. The average molecular weight is 256 g/mol. The molecule has 0 saturated carbocycles. The number of ether oxygens (including phenoxy) is 1. The lowest BCUT2D eigenvalue weighted by atomic mass is 9.85. The largest absolute Gasteiger partial charge is 0.379 e. The van der Waals surface area contributed by atoms with E-state index in [9.17, 15) is 4.79 Å². The number of amides is 1. The Morgan fingerprint density at radius 3 is 2.58 bits per heavy atom. The van der Waals surface area contributed by atoms with Crippen LogP contribution in [0.2, 0.25) is 0 Å². The van der Waals surface area contributed by atoms with E-state index >= 15 is 0 Å². The fourth-order valence-corrected chi connectivity index (χ4v) is 2.22. The van der Waals surface area contributed by atoms with Crippen molar-refractivity contribution in [1.82, 2.24) is 0 Å². The molecule has 0 atom stereocenters. The molecule has 1 saturated heterocycles. The van der Waals surface area contributed by atoms with Crippen LogP contribution >= 0.6 is 0 Å². The van der Waals surface area contributed by atoms with Gasteiger partial charge in [-0.25, -0.2) is 0 Å². The maximum atomic E-state index is 12.2. The normalized spacial score (nSPS) is 16.9. The Labute approximate surface area is 111 Å². The van der Waals surface area contributed by atoms with Crippen LogP contribution in [0.25, 0.3) is 10.8 Å². The zero-order valence-corrected chi connectivity index (χ0v) is 10.6. The van der Waals surface area contributed by atoms with E-state index in [1.54, 1.807) is 0 Å². The minimum absolute atomic E-state index is 0.0588. The van der Waals surface area contributed by atoms with Crippen LogP contribution in [-0.4, -0.2) is 25.7 Å². The molecule has 19 heavy (non-hydrogen) atoms. The molecule has 1 aliphatic rings. The summed E-state index contributed by atoms with van der Waals surface area (Å²) in [5.41, 5.74) is 5.92. The molecule has 0 unspecified atom stereocenters. The second-order valence-corrected chi connectivity index (χ2v) is 4.99. The van der Waals surface area contributed by atoms with Crippen molar-refractivity contribution in [3.63, 3.8) is 0 Å². The van der Waals surface area contributed by atoms with Gasteiger partial charge in [0.15, 0.2) is 0 Å². The number of nitrogens with two attached hydrogens (primary N) is 1. The molecule has 0 radical (unpaired) electrons. The fraction of sp³-hybridized carbons (Fsp3) is 0.267. The molecule has 1 heterocycles. The standard InChI is InChI=1S/C15H16N2O2/c16-8-15(9-19-10-15)14(18)17-13-6-5-11-3-1-2-4-12(11)7-13/h1-7H,8-10,16H2,(H,17,18). The Bertz CT molecular complexity index is 615. The molecule has 0 spiro atoms. The van der Waals surface area contributed by atoms with Crippen LogP contribution in [0.5, 0.6) is 0 Å². The van der Waals surface area contributed by atoms with Gasteiger partial charge >= 0.3 is 0 Å². The van der Waals surface area contributed by atoms with Crippen molar-refractivity contribution >= 4 is 22.4 Å². The number of hydrogen-bond donors (Lipinski definition) is 2. The van der Waals surface area contributed by atoms with E-state index in [1.165, 1.54) is 0 Å². The first kappa shape index (κ1) is 12.1. The average Bonchev–Trinajstić information content (AvgIpc) is 2.38. The molecule has 3 N–H and O–H groups in total. The Morgan fingerprint density at radius 2 is 1.95 bits per heavy atom. The van der Waals surface area contributed by atoms with Gasteiger partial charge in [0.2, 0.25) is 5.91 Å². The number of anilines is 1.